The Kier molecular flexibility index (Phi) is 6.28. The van der Waals surface area contributed by atoms with E-state index in [-0.39, 0.29) is 4.90 Å². The normalized spacial score (nSPS) is 15.5. The standard InChI is InChI=1S/C19H27N5O2S/c1-14-22-18(13-19(23-14)24-16-5-3-2-4-6-16)21-12-11-15-7-9-17(10-8-15)27(20,25)26/h7-10,13,16H,2-6,11-12H2,1H3,(H2,20,25,26)(H2,21,22,23,24). The molecular weight excluding hydrogens is 362 g/mol. The summed E-state index contributed by atoms with van der Waals surface area (Å²) in [5.74, 6) is 2.40. The number of primary sulfonamides is 1. The van der Waals surface area contributed by atoms with E-state index in [1.54, 1.807) is 12.1 Å². The van der Waals surface area contributed by atoms with Gasteiger partial charge in [-0.3, -0.25) is 0 Å². The molecule has 1 fully saturated rings. The molecule has 0 saturated heterocycles. The minimum Gasteiger partial charge on any atom is -0.370 e. The first-order valence-electron chi connectivity index (χ1n) is 9.38. The third-order valence-electron chi connectivity index (χ3n) is 4.77. The minimum absolute atomic E-state index is 0.129. The lowest BCUT2D eigenvalue weighted by Crippen LogP contribution is -2.23. The van der Waals surface area contributed by atoms with Crippen molar-refractivity contribution in [3.8, 4) is 0 Å². The lowest BCUT2D eigenvalue weighted by molar-refractivity contribution is 0.462. The first-order chi connectivity index (χ1) is 12.9. The molecule has 1 saturated carbocycles. The number of aryl methyl sites for hydroxylation is 1. The molecule has 1 aromatic carbocycles. The molecule has 146 valence electrons. The summed E-state index contributed by atoms with van der Waals surface area (Å²) in [5.41, 5.74) is 1.03. The molecule has 1 aliphatic rings. The van der Waals surface area contributed by atoms with Crippen LogP contribution >= 0.6 is 0 Å². The quantitative estimate of drug-likeness (QED) is 0.672. The lowest BCUT2D eigenvalue weighted by Gasteiger charge is -2.23. The van der Waals surface area contributed by atoms with E-state index < -0.39 is 10.0 Å². The summed E-state index contributed by atoms with van der Waals surface area (Å²) in [7, 11) is -3.64. The molecule has 0 amide bonds. The van der Waals surface area contributed by atoms with E-state index in [9.17, 15) is 8.42 Å². The molecule has 2 aromatic rings. The van der Waals surface area contributed by atoms with Crippen LogP contribution in [-0.2, 0) is 16.4 Å². The number of hydrogen-bond acceptors (Lipinski definition) is 6. The highest BCUT2D eigenvalue weighted by molar-refractivity contribution is 7.89. The number of nitrogens with zero attached hydrogens (tertiary/aromatic N) is 2. The van der Waals surface area contributed by atoms with Crippen LogP contribution in [0.5, 0.6) is 0 Å². The van der Waals surface area contributed by atoms with Crippen LogP contribution in [0.3, 0.4) is 0 Å². The maximum absolute atomic E-state index is 11.3. The van der Waals surface area contributed by atoms with E-state index in [4.69, 9.17) is 5.14 Å². The van der Waals surface area contributed by atoms with E-state index in [1.807, 2.05) is 13.0 Å². The predicted molar refractivity (Wildman–Crippen MR) is 107 cm³/mol. The number of anilines is 2. The second-order valence-corrected chi connectivity index (χ2v) is 8.59. The summed E-state index contributed by atoms with van der Waals surface area (Å²) in [5, 5.41) is 12.0. The van der Waals surface area contributed by atoms with Gasteiger partial charge in [0.1, 0.15) is 17.5 Å². The number of nitrogens with two attached hydrogens (primary N) is 1. The average Bonchev–Trinajstić information content (AvgIpc) is 2.62. The highest BCUT2D eigenvalue weighted by Gasteiger charge is 2.14. The Labute approximate surface area is 160 Å². The molecule has 0 spiro atoms. The lowest BCUT2D eigenvalue weighted by atomic mass is 9.95. The van der Waals surface area contributed by atoms with Crippen molar-refractivity contribution in [1.82, 2.24) is 9.97 Å². The van der Waals surface area contributed by atoms with Gasteiger partial charge in [-0.15, -0.1) is 0 Å². The largest absolute Gasteiger partial charge is 0.370 e. The zero-order valence-corrected chi connectivity index (χ0v) is 16.4. The molecule has 1 aromatic heterocycles. The molecule has 0 bridgehead atoms. The molecule has 1 aliphatic carbocycles. The van der Waals surface area contributed by atoms with Crippen LogP contribution < -0.4 is 15.8 Å². The van der Waals surface area contributed by atoms with Gasteiger partial charge in [0, 0.05) is 18.7 Å². The topological polar surface area (TPSA) is 110 Å². The summed E-state index contributed by atoms with van der Waals surface area (Å²) in [6.45, 7) is 2.58. The molecule has 0 aliphatic heterocycles. The zero-order chi connectivity index (χ0) is 19.3. The Morgan fingerprint density at radius 2 is 1.74 bits per heavy atom. The van der Waals surface area contributed by atoms with Crippen molar-refractivity contribution in [3.63, 3.8) is 0 Å². The van der Waals surface area contributed by atoms with Crippen LogP contribution in [0, 0.1) is 6.92 Å². The molecule has 4 N–H and O–H groups in total. The molecule has 7 nitrogen and oxygen atoms in total. The van der Waals surface area contributed by atoms with E-state index in [0.717, 1.165) is 29.4 Å². The highest BCUT2D eigenvalue weighted by Crippen LogP contribution is 2.22. The first kappa shape index (κ1) is 19.6. The fourth-order valence-corrected chi connectivity index (χ4v) is 3.88. The van der Waals surface area contributed by atoms with Gasteiger partial charge < -0.3 is 10.6 Å². The third kappa shape index (κ3) is 5.90. The number of aromatic nitrogens is 2. The molecule has 0 radical (unpaired) electrons. The van der Waals surface area contributed by atoms with Crippen LogP contribution in [-0.4, -0.2) is 31.0 Å². The number of nitrogens with one attached hydrogen (secondary N) is 2. The van der Waals surface area contributed by atoms with Crippen LogP contribution in [0.1, 0.15) is 43.5 Å². The second-order valence-electron chi connectivity index (χ2n) is 7.03. The van der Waals surface area contributed by atoms with Crippen molar-refractivity contribution >= 4 is 21.7 Å². The Morgan fingerprint density at radius 3 is 2.41 bits per heavy atom. The molecule has 27 heavy (non-hydrogen) atoms. The van der Waals surface area contributed by atoms with E-state index in [0.29, 0.717) is 12.6 Å². The second kappa shape index (κ2) is 8.67. The van der Waals surface area contributed by atoms with Crippen molar-refractivity contribution in [2.45, 2.75) is 56.4 Å². The molecule has 8 heteroatoms. The van der Waals surface area contributed by atoms with Crippen molar-refractivity contribution in [3.05, 3.63) is 41.7 Å². The third-order valence-corrected chi connectivity index (χ3v) is 5.70. The Morgan fingerprint density at radius 1 is 1.07 bits per heavy atom. The van der Waals surface area contributed by atoms with Gasteiger partial charge in [-0.05, 0) is 43.9 Å². The van der Waals surface area contributed by atoms with Gasteiger partial charge in [0.15, 0.2) is 0 Å². The summed E-state index contributed by atoms with van der Waals surface area (Å²) >= 11 is 0. The van der Waals surface area contributed by atoms with E-state index >= 15 is 0 Å². The monoisotopic (exact) mass is 389 g/mol. The number of rotatable bonds is 7. The maximum Gasteiger partial charge on any atom is 0.238 e. The van der Waals surface area contributed by atoms with E-state index in [2.05, 4.69) is 20.6 Å². The summed E-state index contributed by atoms with van der Waals surface area (Å²) in [6, 6.07) is 9.08. The smallest absolute Gasteiger partial charge is 0.238 e. The highest BCUT2D eigenvalue weighted by atomic mass is 32.2. The van der Waals surface area contributed by atoms with Gasteiger partial charge in [0.25, 0.3) is 0 Å². The minimum atomic E-state index is -3.64. The molecule has 0 atom stereocenters. The fraction of sp³-hybridized carbons (Fsp3) is 0.474. The SMILES string of the molecule is Cc1nc(NCCc2ccc(S(N)(=O)=O)cc2)cc(NC2CCCCC2)n1. The van der Waals surface area contributed by atoms with Crippen LogP contribution in [0.25, 0.3) is 0 Å². The van der Waals surface area contributed by atoms with Crippen molar-refractivity contribution in [2.75, 3.05) is 17.2 Å². The Hall–Kier alpha value is -2.19. The van der Waals surface area contributed by atoms with Crippen molar-refractivity contribution < 1.29 is 8.42 Å². The number of sulfonamides is 1. The summed E-state index contributed by atoms with van der Waals surface area (Å²) in [4.78, 5) is 9.07. The van der Waals surface area contributed by atoms with Gasteiger partial charge in [-0.25, -0.2) is 23.5 Å². The van der Waals surface area contributed by atoms with Gasteiger partial charge in [0.05, 0.1) is 4.90 Å². The van der Waals surface area contributed by atoms with E-state index in [1.165, 1.54) is 44.2 Å². The van der Waals surface area contributed by atoms with Crippen molar-refractivity contribution in [1.29, 1.82) is 0 Å². The summed E-state index contributed by atoms with van der Waals surface area (Å²) < 4.78 is 22.6. The predicted octanol–water partition coefficient (Wildman–Crippen LogP) is 2.83. The Balaban J connectivity index is 1.56. The van der Waals surface area contributed by atoms with Crippen LogP contribution in [0.2, 0.25) is 0 Å². The number of benzene rings is 1. The van der Waals surface area contributed by atoms with Gasteiger partial charge >= 0.3 is 0 Å². The summed E-state index contributed by atoms with van der Waals surface area (Å²) in [6.07, 6.45) is 7.01. The van der Waals surface area contributed by atoms with Gasteiger partial charge in [-0.2, -0.15) is 0 Å². The molecule has 1 heterocycles. The van der Waals surface area contributed by atoms with Gasteiger partial charge in [0.2, 0.25) is 10.0 Å². The van der Waals surface area contributed by atoms with Gasteiger partial charge in [-0.1, -0.05) is 31.4 Å². The average molecular weight is 390 g/mol. The molecule has 3 rings (SSSR count). The zero-order valence-electron chi connectivity index (χ0n) is 15.6. The van der Waals surface area contributed by atoms with Crippen LogP contribution in [0.4, 0.5) is 11.6 Å². The molecule has 0 unspecified atom stereocenters. The van der Waals surface area contributed by atoms with Crippen molar-refractivity contribution in [2.24, 2.45) is 5.14 Å². The molecular formula is C19H27N5O2S. The number of hydrogen-bond donors (Lipinski definition) is 3. The Bertz CT molecular complexity index is 862. The van der Waals surface area contributed by atoms with Crippen LogP contribution in [0.15, 0.2) is 35.2 Å². The maximum atomic E-state index is 11.3. The first-order valence-corrected chi connectivity index (χ1v) is 10.9. The fourth-order valence-electron chi connectivity index (χ4n) is 3.37.